The van der Waals surface area contributed by atoms with Crippen LogP contribution in [0.1, 0.15) is 19.4 Å². The molecule has 1 fully saturated rings. The summed E-state index contributed by atoms with van der Waals surface area (Å²) in [6.45, 7) is 5.76. The average Bonchev–Trinajstić information content (AvgIpc) is 2.84. The molecule has 1 N–H and O–H groups in total. The zero-order chi connectivity index (χ0) is 14.3. The van der Waals surface area contributed by atoms with Gasteiger partial charge in [0.15, 0.2) is 6.10 Å². The minimum absolute atomic E-state index is 0.0816. The summed E-state index contributed by atoms with van der Waals surface area (Å²) in [5.41, 5.74) is 1.02. The Morgan fingerprint density at radius 2 is 2.25 bits per heavy atom. The average molecular weight is 295 g/mol. The first-order chi connectivity index (χ1) is 9.56. The fraction of sp³-hybridized carbons (Fsp3) is 0.533. The molecule has 3 rings (SSSR count). The molecule has 0 spiro atoms. The molecule has 2 heterocycles. The molecule has 0 aliphatic carbocycles. The van der Waals surface area contributed by atoms with Crippen LogP contribution in [-0.2, 0) is 11.2 Å². The van der Waals surface area contributed by atoms with Crippen molar-refractivity contribution in [3.05, 3.63) is 28.8 Å². The van der Waals surface area contributed by atoms with Crippen LogP contribution in [0.15, 0.2) is 18.2 Å². The van der Waals surface area contributed by atoms with E-state index in [2.05, 4.69) is 19.2 Å². The number of ether oxygens (including phenoxy) is 1. The van der Waals surface area contributed by atoms with E-state index in [1.165, 1.54) is 0 Å². The molecule has 0 bridgehead atoms. The highest BCUT2D eigenvalue weighted by molar-refractivity contribution is 6.30. The molecule has 5 heteroatoms. The first-order valence-electron chi connectivity index (χ1n) is 7.05. The molecule has 3 unspecified atom stereocenters. The minimum atomic E-state index is -0.406. The van der Waals surface area contributed by atoms with E-state index in [1.807, 2.05) is 17.0 Å². The van der Waals surface area contributed by atoms with Gasteiger partial charge in [-0.3, -0.25) is 4.79 Å². The summed E-state index contributed by atoms with van der Waals surface area (Å²) in [7, 11) is 0. The van der Waals surface area contributed by atoms with Gasteiger partial charge >= 0.3 is 0 Å². The van der Waals surface area contributed by atoms with Crippen LogP contribution in [0, 0.1) is 0 Å². The van der Waals surface area contributed by atoms with Crippen LogP contribution in [-0.4, -0.2) is 42.1 Å². The van der Waals surface area contributed by atoms with Gasteiger partial charge in [-0.2, -0.15) is 0 Å². The summed E-state index contributed by atoms with van der Waals surface area (Å²) < 4.78 is 5.79. The predicted octanol–water partition coefficient (Wildman–Crippen LogP) is 1.85. The number of carbonyl (C=O) groups is 1. The van der Waals surface area contributed by atoms with Crippen molar-refractivity contribution >= 4 is 17.5 Å². The highest BCUT2D eigenvalue weighted by Gasteiger charge is 2.36. The fourth-order valence-electron chi connectivity index (χ4n) is 2.91. The van der Waals surface area contributed by atoms with E-state index in [4.69, 9.17) is 16.3 Å². The highest BCUT2D eigenvalue weighted by atomic mass is 35.5. The molecular weight excluding hydrogens is 276 g/mol. The SMILES string of the molecule is CC1NCCN(C(=O)C2Cc3cc(Cl)ccc3O2)C1C. The molecule has 1 aromatic rings. The van der Waals surface area contributed by atoms with Crippen molar-refractivity contribution in [2.75, 3.05) is 13.1 Å². The summed E-state index contributed by atoms with van der Waals surface area (Å²) in [5, 5.41) is 4.06. The van der Waals surface area contributed by atoms with E-state index in [1.54, 1.807) is 6.07 Å². The number of hydrogen-bond donors (Lipinski definition) is 1. The van der Waals surface area contributed by atoms with Crippen LogP contribution in [0.3, 0.4) is 0 Å². The number of rotatable bonds is 1. The molecule has 0 aromatic heterocycles. The van der Waals surface area contributed by atoms with Crippen LogP contribution in [0.4, 0.5) is 0 Å². The van der Waals surface area contributed by atoms with Crippen molar-refractivity contribution in [2.24, 2.45) is 0 Å². The van der Waals surface area contributed by atoms with Crippen molar-refractivity contribution in [1.82, 2.24) is 10.2 Å². The largest absolute Gasteiger partial charge is 0.480 e. The topological polar surface area (TPSA) is 41.6 Å². The summed E-state index contributed by atoms with van der Waals surface area (Å²) in [4.78, 5) is 14.6. The maximum Gasteiger partial charge on any atom is 0.264 e. The number of piperazine rings is 1. The van der Waals surface area contributed by atoms with Gasteiger partial charge in [-0.15, -0.1) is 0 Å². The Balaban J connectivity index is 1.74. The molecular formula is C15H19ClN2O2. The molecule has 2 aliphatic rings. The first-order valence-corrected chi connectivity index (χ1v) is 7.43. The second-order valence-corrected chi connectivity index (χ2v) is 6.01. The minimum Gasteiger partial charge on any atom is -0.480 e. The van der Waals surface area contributed by atoms with Crippen LogP contribution in [0.5, 0.6) is 5.75 Å². The molecule has 1 aromatic carbocycles. The molecule has 4 nitrogen and oxygen atoms in total. The van der Waals surface area contributed by atoms with E-state index in [9.17, 15) is 4.79 Å². The number of carbonyl (C=O) groups excluding carboxylic acids is 1. The summed E-state index contributed by atoms with van der Waals surface area (Å²) in [6.07, 6.45) is 0.205. The number of fused-ring (bicyclic) bond motifs is 1. The molecule has 0 radical (unpaired) electrons. The second-order valence-electron chi connectivity index (χ2n) is 5.58. The number of benzene rings is 1. The van der Waals surface area contributed by atoms with Crippen LogP contribution >= 0.6 is 11.6 Å². The molecule has 2 aliphatic heterocycles. The number of hydrogen-bond acceptors (Lipinski definition) is 3. The quantitative estimate of drug-likeness (QED) is 0.859. The lowest BCUT2D eigenvalue weighted by Gasteiger charge is -2.39. The molecule has 0 saturated carbocycles. The van der Waals surface area contributed by atoms with Gasteiger partial charge in [0.25, 0.3) is 5.91 Å². The third-order valence-corrected chi connectivity index (χ3v) is 4.52. The monoisotopic (exact) mass is 294 g/mol. The standard InChI is InChI=1S/C15H19ClN2O2/c1-9-10(2)18(6-5-17-9)15(19)14-8-11-7-12(16)3-4-13(11)20-14/h3-4,7,9-10,14,17H,5-6,8H2,1-2H3. The third-order valence-electron chi connectivity index (χ3n) is 4.29. The van der Waals surface area contributed by atoms with Gasteiger partial charge < -0.3 is 15.0 Å². The number of halogens is 1. The number of nitrogens with one attached hydrogen (secondary N) is 1. The van der Waals surface area contributed by atoms with E-state index in [-0.39, 0.29) is 11.9 Å². The molecule has 20 heavy (non-hydrogen) atoms. The van der Waals surface area contributed by atoms with E-state index < -0.39 is 6.10 Å². The van der Waals surface area contributed by atoms with E-state index in [0.717, 1.165) is 24.4 Å². The molecule has 3 atom stereocenters. The Labute approximate surface area is 124 Å². The van der Waals surface area contributed by atoms with Crippen molar-refractivity contribution in [2.45, 2.75) is 38.5 Å². The van der Waals surface area contributed by atoms with Gasteiger partial charge in [0, 0.05) is 36.6 Å². The molecule has 108 valence electrons. The lowest BCUT2D eigenvalue weighted by atomic mass is 10.0. The van der Waals surface area contributed by atoms with Gasteiger partial charge in [0.05, 0.1) is 0 Å². The van der Waals surface area contributed by atoms with Gasteiger partial charge in [0.2, 0.25) is 0 Å². The Morgan fingerprint density at radius 3 is 3.05 bits per heavy atom. The smallest absolute Gasteiger partial charge is 0.264 e. The van der Waals surface area contributed by atoms with Gasteiger partial charge in [-0.25, -0.2) is 0 Å². The van der Waals surface area contributed by atoms with Gasteiger partial charge in [-0.1, -0.05) is 11.6 Å². The Kier molecular flexibility index (Phi) is 3.61. The Morgan fingerprint density at radius 1 is 1.45 bits per heavy atom. The Bertz CT molecular complexity index is 535. The van der Waals surface area contributed by atoms with Crippen LogP contribution < -0.4 is 10.1 Å². The maximum absolute atomic E-state index is 12.6. The zero-order valence-electron chi connectivity index (χ0n) is 11.7. The van der Waals surface area contributed by atoms with Crippen molar-refractivity contribution < 1.29 is 9.53 Å². The number of amides is 1. The highest BCUT2D eigenvalue weighted by Crippen LogP contribution is 2.32. The summed E-state index contributed by atoms with van der Waals surface area (Å²) in [6, 6.07) is 6.02. The van der Waals surface area contributed by atoms with Crippen molar-refractivity contribution in [3.63, 3.8) is 0 Å². The van der Waals surface area contributed by atoms with Gasteiger partial charge in [0.1, 0.15) is 5.75 Å². The summed E-state index contributed by atoms with van der Waals surface area (Å²) in [5.74, 6) is 0.863. The first kappa shape index (κ1) is 13.7. The van der Waals surface area contributed by atoms with Gasteiger partial charge in [-0.05, 0) is 37.6 Å². The molecule has 1 amide bonds. The zero-order valence-corrected chi connectivity index (χ0v) is 12.5. The lowest BCUT2D eigenvalue weighted by Crippen LogP contribution is -2.59. The van der Waals surface area contributed by atoms with Crippen molar-refractivity contribution in [1.29, 1.82) is 0 Å². The normalized spacial score (nSPS) is 28.9. The number of nitrogens with zero attached hydrogens (tertiary/aromatic N) is 1. The maximum atomic E-state index is 12.6. The second kappa shape index (κ2) is 5.26. The Hall–Kier alpha value is -1.26. The third kappa shape index (κ3) is 2.38. The van der Waals surface area contributed by atoms with Crippen LogP contribution in [0.2, 0.25) is 5.02 Å². The van der Waals surface area contributed by atoms with Crippen LogP contribution in [0.25, 0.3) is 0 Å². The summed E-state index contributed by atoms with van der Waals surface area (Å²) >= 11 is 5.98. The lowest BCUT2D eigenvalue weighted by molar-refractivity contribution is -0.141. The van der Waals surface area contributed by atoms with Crippen molar-refractivity contribution in [3.8, 4) is 5.75 Å². The molecule has 1 saturated heterocycles. The fourth-order valence-corrected chi connectivity index (χ4v) is 3.10. The van der Waals surface area contributed by atoms with E-state index in [0.29, 0.717) is 17.5 Å². The van der Waals surface area contributed by atoms with E-state index >= 15 is 0 Å². The predicted molar refractivity (Wildman–Crippen MR) is 78.2 cm³/mol.